The van der Waals surface area contributed by atoms with E-state index >= 15 is 0 Å². The lowest BCUT2D eigenvalue weighted by Crippen LogP contribution is -2.19. The Morgan fingerprint density at radius 3 is 2.52 bits per heavy atom. The van der Waals surface area contributed by atoms with E-state index in [9.17, 15) is 8.42 Å². The van der Waals surface area contributed by atoms with Gasteiger partial charge in [-0.1, -0.05) is 13.0 Å². The van der Waals surface area contributed by atoms with Crippen LogP contribution in [0.25, 0.3) is 0 Å². The van der Waals surface area contributed by atoms with Gasteiger partial charge in [-0.05, 0) is 50.6 Å². The van der Waals surface area contributed by atoms with Crippen molar-refractivity contribution in [3.8, 4) is 0 Å². The van der Waals surface area contributed by atoms with Crippen molar-refractivity contribution in [3.05, 3.63) is 23.8 Å². The molecule has 1 aromatic rings. The molecule has 0 aliphatic rings. The first kappa shape index (κ1) is 17.8. The molecule has 0 saturated carbocycles. The minimum Gasteiger partial charge on any atom is -0.377 e. The van der Waals surface area contributed by atoms with Gasteiger partial charge in [-0.25, -0.2) is 8.42 Å². The third kappa shape index (κ3) is 6.35. The maximum Gasteiger partial charge on any atom is 0.232 e. The molecule has 120 valence electrons. The number of rotatable bonds is 9. The molecule has 0 aliphatic heterocycles. The van der Waals surface area contributed by atoms with Crippen LogP contribution in [0.4, 0.5) is 11.4 Å². The van der Waals surface area contributed by atoms with E-state index in [-0.39, 0.29) is 5.75 Å². The van der Waals surface area contributed by atoms with Crippen molar-refractivity contribution in [1.29, 1.82) is 0 Å². The number of hydrogen-bond donors (Lipinski definition) is 2. The molecule has 0 bridgehead atoms. The summed E-state index contributed by atoms with van der Waals surface area (Å²) in [6.45, 7) is 5.83. The summed E-state index contributed by atoms with van der Waals surface area (Å²) < 4.78 is 26.8. The summed E-state index contributed by atoms with van der Waals surface area (Å²) in [5.41, 5.74) is 2.76. The molecule has 0 unspecified atom stereocenters. The van der Waals surface area contributed by atoms with Gasteiger partial charge in [0.25, 0.3) is 0 Å². The van der Waals surface area contributed by atoms with Gasteiger partial charge < -0.3 is 10.2 Å². The molecule has 0 aromatic heterocycles. The Bertz CT molecular complexity index is 542. The van der Waals surface area contributed by atoms with E-state index in [1.54, 1.807) is 6.07 Å². The summed E-state index contributed by atoms with van der Waals surface area (Å²) in [5.74, 6) is 0.156. The summed E-state index contributed by atoms with van der Waals surface area (Å²) >= 11 is 0. The molecule has 21 heavy (non-hydrogen) atoms. The highest BCUT2D eigenvalue weighted by atomic mass is 32.2. The highest BCUT2D eigenvalue weighted by molar-refractivity contribution is 7.92. The van der Waals surface area contributed by atoms with Gasteiger partial charge in [-0.2, -0.15) is 0 Å². The second kappa shape index (κ2) is 8.24. The van der Waals surface area contributed by atoms with Crippen LogP contribution in [0.1, 0.15) is 25.3 Å². The Morgan fingerprint density at radius 1 is 1.19 bits per heavy atom. The average Bonchev–Trinajstić information content (AvgIpc) is 2.40. The molecule has 0 saturated heterocycles. The lowest BCUT2D eigenvalue weighted by atomic mass is 10.2. The van der Waals surface area contributed by atoms with Crippen molar-refractivity contribution < 1.29 is 8.42 Å². The van der Waals surface area contributed by atoms with Gasteiger partial charge >= 0.3 is 0 Å². The summed E-state index contributed by atoms with van der Waals surface area (Å²) in [5, 5.41) is 3.19. The SMILES string of the molecule is CCNCCCCS(=O)(=O)Nc1ccc(C)c(N(C)C)c1. The summed E-state index contributed by atoms with van der Waals surface area (Å²) in [4.78, 5) is 1.98. The Kier molecular flexibility index (Phi) is 6.98. The van der Waals surface area contributed by atoms with Crippen LogP contribution in [-0.2, 0) is 10.0 Å². The van der Waals surface area contributed by atoms with E-state index in [2.05, 4.69) is 10.0 Å². The van der Waals surface area contributed by atoms with Crippen LogP contribution in [0.2, 0.25) is 0 Å². The zero-order valence-corrected chi connectivity index (χ0v) is 14.3. The fourth-order valence-electron chi connectivity index (χ4n) is 2.10. The number of nitrogens with zero attached hydrogens (tertiary/aromatic N) is 1. The zero-order valence-electron chi connectivity index (χ0n) is 13.4. The van der Waals surface area contributed by atoms with Crippen LogP contribution in [0.15, 0.2) is 18.2 Å². The smallest absolute Gasteiger partial charge is 0.232 e. The molecular weight excluding hydrogens is 286 g/mol. The number of aryl methyl sites for hydroxylation is 1. The van der Waals surface area contributed by atoms with Crippen LogP contribution in [0.3, 0.4) is 0 Å². The fourth-order valence-corrected chi connectivity index (χ4v) is 3.28. The van der Waals surface area contributed by atoms with Crippen molar-refractivity contribution in [1.82, 2.24) is 5.32 Å². The summed E-state index contributed by atoms with van der Waals surface area (Å²) in [6.07, 6.45) is 1.53. The van der Waals surface area contributed by atoms with E-state index in [4.69, 9.17) is 0 Å². The lowest BCUT2D eigenvalue weighted by Gasteiger charge is -2.17. The van der Waals surface area contributed by atoms with Crippen LogP contribution in [-0.4, -0.2) is 41.4 Å². The zero-order chi connectivity index (χ0) is 15.9. The van der Waals surface area contributed by atoms with Gasteiger partial charge in [0.2, 0.25) is 10.0 Å². The molecule has 0 radical (unpaired) electrons. The molecule has 0 heterocycles. The van der Waals surface area contributed by atoms with Crippen molar-refractivity contribution >= 4 is 21.4 Å². The van der Waals surface area contributed by atoms with E-state index in [0.29, 0.717) is 12.1 Å². The van der Waals surface area contributed by atoms with Gasteiger partial charge in [0.1, 0.15) is 0 Å². The van der Waals surface area contributed by atoms with E-state index in [1.165, 1.54) is 0 Å². The third-order valence-corrected chi connectivity index (χ3v) is 4.60. The topological polar surface area (TPSA) is 61.4 Å². The van der Waals surface area contributed by atoms with Crippen molar-refractivity contribution in [2.45, 2.75) is 26.7 Å². The van der Waals surface area contributed by atoms with E-state index in [0.717, 1.165) is 30.8 Å². The first-order valence-corrected chi connectivity index (χ1v) is 9.00. The molecule has 1 rings (SSSR count). The minimum absolute atomic E-state index is 0.156. The van der Waals surface area contributed by atoms with Crippen LogP contribution < -0.4 is 14.9 Å². The van der Waals surface area contributed by atoms with Crippen molar-refractivity contribution in [2.24, 2.45) is 0 Å². The Morgan fingerprint density at radius 2 is 1.90 bits per heavy atom. The first-order valence-electron chi connectivity index (χ1n) is 7.35. The number of benzene rings is 1. The molecule has 0 fully saturated rings. The lowest BCUT2D eigenvalue weighted by molar-refractivity contribution is 0.593. The normalized spacial score (nSPS) is 11.4. The summed E-state index contributed by atoms with van der Waals surface area (Å²) in [6, 6.07) is 5.60. The number of hydrogen-bond acceptors (Lipinski definition) is 4. The predicted octanol–water partition coefficient (Wildman–Crippen LogP) is 2.19. The molecule has 1 aromatic carbocycles. The van der Waals surface area contributed by atoms with Crippen molar-refractivity contribution in [2.75, 3.05) is 42.6 Å². The average molecular weight is 313 g/mol. The van der Waals surface area contributed by atoms with Gasteiger partial charge in [-0.15, -0.1) is 0 Å². The largest absolute Gasteiger partial charge is 0.377 e. The van der Waals surface area contributed by atoms with E-state index < -0.39 is 10.0 Å². The minimum atomic E-state index is -3.27. The molecule has 6 heteroatoms. The second-order valence-corrected chi connectivity index (χ2v) is 7.22. The molecule has 0 atom stereocenters. The fraction of sp³-hybridized carbons (Fsp3) is 0.600. The Balaban J connectivity index is 2.61. The molecule has 0 amide bonds. The second-order valence-electron chi connectivity index (χ2n) is 5.38. The third-order valence-electron chi connectivity index (χ3n) is 3.23. The Labute approximate surface area is 128 Å². The summed E-state index contributed by atoms with van der Waals surface area (Å²) in [7, 11) is 0.618. The molecular formula is C15H27N3O2S. The van der Waals surface area contributed by atoms with E-state index in [1.807, 2.05) is 45.0 Å². The standard InChI is InChI=1S/C15H27N3O2S/c1-5-16-10-6-7-11-21(19,20)17-14-9-8-13(2)15(12-14)18(3)4/h8-9,12,16-17H,5-7,10-11H2,1-4H3. The van der Waals surface area contributed by atoms with Gasteiger partial charge in [0, 0.05) is 19.8 Å². The predicted molar refractivity (Wildman–Crippen MR) is 90.7 cm³/mol. The van der Waals surface area contributed by atoms with Crippen molar-refractivity contribution in [3.63, 3.8) is 0 Å². The Hall–Kier alpha value is -1.27. The number of anilines is 2. The quantitative estimate of drug-likeness (QED) is 0.686. The van der Waals surface area contributed by atoms with Gasteiger partial charge in [-0.3, -0.25) is 4.72 Å². The van der Waals surface area contributed by atoms with Crippen LogP contribution >= 0.6 is 0 Å². The molecule has 0 aliphatic carbocycles. The van der Waals surface area contributed by atoms with Gasteiger partial charge in [0.15, 0.2) is 0 Å². The van der Waals surface area contributed by atoms with Gasteiger partial charge in [0.05, 0.1) is 11.4 Å². The molecule has 0 spiro atoms. The van der Waals surface area contributed by atoms with Crippen LogP contribution in [0.5, 0.6) is 0 Å². The molecule has 2 N–H and O–H groups in total. The number of sulfonamides is 1. The first-order chi connectivity index (χ1) is 9.85. The monoisotopic (exact) mass is 313 g/mol. The number of nitrogens with one attached hydrogen (secondary N) is 2. The maximum absolute atomic E-state index is 12.1. The van der Waals surface area contributed by atoms with Crippen LogP contribution in [0, 0.1) is 6.92 Å². The molecule has 5 nitrogen and oxygen atoms in total. The highest BCUT2D eigenvalue weighted by Crippen LogP contribution is 2.23. The maximum atomic E-state index is 12.1. The number of unbranched alkanes of at least 4 members (excludes halogenated alkanes) is 1. The highest BCUT2D eigenvalue weighted by Gasteiger charge is 2.11.